The fourth-order valence-electron chi connectivity index (χ4n) is 1.98. The molecule has 5 heteroatoms. The number of halogens is 1. The molecule has 0 aromatic heterocycles. The van der Waals surface area contributed by atoms with Gasteiger partial charge in [0.05, 0.1) is 12.5 Å². The molecule has 1 aromatic rings. The standard InChI is InChI=1S/C16H22FNO3/c1-10(2)6-7-18-14(9-15(19)20)16(21)12-4-5-13(17)11(3)8-12/h4-5,8,10,14,18H,6-7,9H2,1-3H3,(H,19,20). The highest BCUT2D eigenvalue weighted by atomic mass is 19.1. The van der Waals surface area contributed by atoms with E-state index < -0.39 is 12.0 Å². The van der Waals surface area contributed by atoms with Gasteiger partial charge >= 0.3 is 5.97 Å². The third kappa shape index (κ3) is 5.63. The van der Waals surface area contributed by atoms with Gasteiger partial charge in [-0.05, 0) is 49.6 Å². The first-order chi connectivity index (χ1) is 9.81. The zero-order valence-electron chi connectivity index (χ0n) is 12.6. The quantitative estimate of drug-likeness (QED) is 0.724. The van der Waals surface area contributed by atoms with E-state index in [1.54, 1.807) is 6.92 Å². The van der Waals surface area contributed by atoms with E-state index in [-0.39, 0.29) is 18.0 Å². The Hall–Kier alpha value is -1.75. The molecule has 0 aliphatic carbocycles. The topological polar surface area (TPSA) is 66.4 Å². The minimum atomic E-state index is -1.04. The number of carbonyl (C=O) groups excluding carboxylic acids is 1. The Balaban J connectivity index is 2.82. The van der Waals surface area contributed by atoms with Gasteiger partial charge in [-0.1, -0.05) is 13.8 Å². The first kappa shape index (κ1) is 17.3. The lowest BCUT2D eigenvalue weighted by atomic mass is 9.99. The number of carboxylic acids is 1. The van der Waals surface area contributed by atoms with Crippen LogP contribution in [0.4, 0.5) is 4.39 Å². The van der Waals surface area contributed by atoms with Crippen molar-refractivity contribution in [2.45, 2.75) is 39.7 Å². The zero-order chi connectivity index (χ0) is 16.0. The van der Waals surface area contributed by atoms with Crippen molar-refractivity contribution in [3.63, 3.8) is 0 Å². The van der Waals surface area contributed by atoms with Crippen LogP contribution in [0, 0.1) is 18.7 Å². The van der Waals surface area contributed by atoms with Gasteiger partial charge in [0.15, 0.2) is 5.78 Å². The molecule has 0 aliphatic rings. The number of aryl methyl sites for hydroxylation is 1. The predicted molar refractivity (Wildman–Crippen MR) is 79.0 cm³/mol. The minimum Gasteiger partial charge on any atom is -0.481 e. The Kier molecular flexibility index (Phi) is 6.49. The van der Waals surface area contributed by atoms with E-state index in [1.165, 1.54) is 18.2 Å². The van der Waals surface area contributed by atoms with E-state index in [1.807, 2.05) is 0 Å². The number of rotatable bonds is 8. The SMILES string of the molecule is Cc1cc(C(=O)C(CC(=O)O)NCCC(C)C)ccc1F. The number of nitrogens with one attached hydrogen (secondary N) is 1. The Morgan fingerprint density at radius 2 is 2.00 bits per heavy atom. The third-order valence-electron chi connectivity index (χ3n) is 3.25. The minimum absolute atomic E-state index is 0.284. The summed E-state index contributed by atoms with van der Waals surface area (Å²) in [4.78, 5) is 23.3. The van der Waals surface area contributed by atoms with E-state index in [0.29, 0.717) is 23.6 Å². The van der Waals surface area contributed by atoms with Gasteiger partial charge < -0.3 is 10.4 Å². The molecule has 1 atom stereocenters. The molecule has 0 radical (unpaired) electrons. The van der Waals surface area contributed by atoms with Gasteiger partial charge in [0, 0.05) is 5.56 Å². The van der Waals surface area contributed by atoms with Crippen LogP contribution in [0.15, 0.2) is 18.2 Å². The molecule has 0 fully saturated rings. The second kappa shape index (κ2) is 7.88. The van der Waals surface area contributed by atoms with E-state index in [2.05, 4.69) is 19.2 Å². The summed E-state index contributed by atoms with van der Waals surface area (Å²) in [5.74, 6) is -1.27. The maximum absolute atomic E-state index is 13.2. The Morgan fingerprint density at radius 1 is 1.33 bits per heavy atom. The maximum Gasteiger partial charge on any atom is 0.305 e. The van der Waals surface area contributed by atoms with Gasteiger partial charge in [-0.2, -0.15) is 0 Å². The van der Waals surface area contributed by atoms with Gasteiger partial charge in [0.1, 0.15) is 5.82 Å². The van der Waals surface area contributed by atoms with E-state index in [4.69, 9.17) is 5.11 Å². The van der Waals surface area contributed by atoms with Crippen molar-refractivity contribution >= 4 is 11.8 Å². The van der Waals surface area contributed by atoms with E-state index in [0.717, 1.165) is 6.42 Å². The molecule has 21 heavy (non-hydrogen) atoms. The number of aliphatic carboxylic acids is 1. The Morgan fingerprint density at radius 3 is 2.52 bits per heavy atom. The van der Waals surface area contributed by atoms with Crippen LogP contribution >= 0.6 is 0 Å². The molecule has 0 aliphatic heterocycles. The molecular weight excluding hydrogens is 273 g/mol. The lowest BCUT2D eigenvalue weighted by molar-refractivity contribution is -0.137. The highest BCUT2D eigenvalue weighted by Gasteiger charge is 2.22. The number of ketones is 1. The summed E-state index contributed by atoms with van der Waals surface area (Å²) in [6, 6.07) is 3.29. The molecule has 116 valence electrons. The summed E-state index contributed by atoms with van der Waals surface area (Å²) in [5.41, 5.74) is 0.703. The lowest BCUT2D eigenvalue weighted by Gasteiger charge is -2.17. The normalized spacial score (nSPS) is 12.4. The van der Waals surface area contributed by atoms with Crippen molar-refractivity contribution in [1.29, 1.82) is 0 Å². The number of Topliss-reactive ketones (excluding diaryl/α,β-unsaturated/α-hetero) is 1. The van der Waals surface area contributed by atoms with Crippen LogP contribution < -0.4 is 5.32 Å². The molecule has 0 bridgehead atoms. The highest BCUT2D eigenvalue weighted by Crippen LogP contribution is 2.13. The molecule has 0 amide bonds. The van der Waals surface area contributed by atoms with Crippen LogP contribution in [0.5, 0.6) is 0 Å². The predicted octanol–water partition coefficient (Wildman–Crippen LogP) is 2.80. The lowest BCUT2D eigenvalue weighted by Crippen LogP contribution is -2.39. The number of carbonyl (C=O) groups is 2. The van der Waals surface area contributed by atoms with Crippen molar-refractivity contribution in [2.24, 2.45) is 5.92 Å². The number of benzene rings is 1. The van der Waals surface area contributed by atoms with Gasteiger partial charge in [-0.15, -0.1) is 0 Å². The van der Waals surface area contributed by atoms with Crippen LogP contribution in [-0.4, -0.2) is 29.4 Å². The Labute approximate surface area is 124 Å². The molecule has 1 aromatic carbocycles. The molecule has 0 saturated heterocycles. The first-order valence-corrected chi connectivity index (χ1v) is 7.06. The number of carboxylic acid groups (broad SMARTS) is 1. The molecule has 1 unspecified atom stereocenters. The number of hydrogen-bond donors (Lipinski definition) is 2. The van der Waals surface area contributed by atoms with Crippen LogP contribution in [0.2, 0.25) is 0 Å². The largest absolute Gasteiger partial charge is 0.481 e. The molecule has 0 heterocycles. The van der Waals surface area contributed by atoms with Crippen LogP contribution in [0.25, 0.3) is 0 Å². The Bertz CT molecular complexity index is 514. The van der Waals surface area contributed by atoms with Crippen molar-refractivity contribution in [3.8, 4) is 0 Å². The molecule has 0 spiro atoms. The maximum atomic E-state index is 13.2. The average molecular weight is 295 g/mol. The fourth-order valence-corrected chi connectivity index (χ4v) is 1.98. The molecule has 4 nitrogen and oxygen atoms in total. The molecule has 0 saturated carbocycles. The smallest absolute Gasteiger partial charge is 0.305 e. The summed E-state index contributed by atoms with van der Waals surface area (Å²) in [7, 11) is 0. The van der Waals surface area contributed by atoms with Crippen molar-refractivity contribution in [2.75, 3.05) is 6.54 Å². The highest BCUT2D eigenvalue weighted by molar-refractivity contribution is 6.01. The first-order valence-electron chi connectivity index (χ1n) is 7.06. The summed E-state index contributed by atoms with van der Waals surface area (Å²) in [6.07, 6.45) is 0.569. The van der Waals surface area contributed by atoms with Gasteiger partial charge in [-0.3, -0.25) is 9.59 Å². The summed E-state index contributed by atoms with van der Waals surface area (Å²) >= 11 is 0. The van der Waals surface area contributed by atoms with Crippen molar-refractivity contribution in [1.82, 2.24) is 5.32 Å². The van der Waals surface area contributed by atoms with Crippen LogP contribution in [0.1, 0.15) is 42.6 Å². The molecule has 1 rings (SSSR count). The summed E-state index contributed by atoms with van der Waals surface area (Å²) < 4.78 is 13.2. The van der Waals surface area contributed by atoms with Crippen molar-refractivity contribution in [3.05, 3.63) is 35.1 Å². The second-order valence-electron chi connectivity index (χ2n) is 5.62. The van der Waals surface area contributed by atoms with Crippen LogP contribution in [0.3, 0.4) is 0 Å². The molecule has 2 N–H and O–H groups in total. The van der Waals surface area contributed by atoms with E-state index >= 15 is 0 Å². The molecular formula is C16H22FNO3. The monoisotopic (exact) mass is 295 g/mol. The average Bonchev–Trinajstić information content (AvgIpc) is 2.39. The van der Waals surface area contributed by atoms with Gasteiger partial charge in [0.25, 0.3) is 0 Å². The van der Waals surface area contributed by atoms with Crippen molar-refractivity contribution < 1.29 is 19.1 Å². The van der Waals surface area contributed by atoms with Gasteiger partial charge in [-0.25, -0.2) is 4.39 Å². The summed E-state index contributed by atoms with van der Waals surface area (Å²) in [5, 5.41) is 11.9. The van der Waals surface area contributed by atoms with Crippen LogP contribution in [-0.2, 0) is 4.79 Å². The number of hydrogen-bond acceptors (Lipinski definition) is 3. The third-order valence-corrected chi connectivity index (χ3v) is 3.25. The van der Waals surface area contributed by atoms with E-state index in [9.17, 15) is 14.0 Å². The zero-order valence-corrected chi connectivity index (χ0v) is 12.6. The second-order valence-corrected chi connectivity index (χ2v) is 5.62. The fraction of sp³-hybridized carbons (Fsp3) is 0.500. The summed E-state index contributed by atoms with van der Waals surface area (Å²) in [6.45, 7) is 6.25. The van der Waals surface area contributed by atoms with Gasteiger partial charge in [0.2, 0.25) is 0 Å².